The second-order valence-electron chi connectivity index (χ2n) is 5.30. The maximum Gasteiger partial charge on any atom is 0.269 e. The summed E-state index contributed by atoms with van der Waals surface area (Å²) < 4.78 is 5.09. The van der Waals surface area contributed by atoms with E-state index in [1.54, 1.807) is 12.1 Å². The number of nitro benzene ring substituents is 1. The minimum Gasteiger partial charge on any atom is -0.393 e. The van der Waals surface area contributed by atoms with E-state index in [-0.39, 0.29) is 5.69 Å². The van der Waals surface area contributed by atoms with Gasteiger partial charge in [0, 0.05) is 17.7 Å². The van der Waals surface area contributed by atoms with Gasteiger partial charge in [0.25, 0.3) is 5.69 Å². The molecule has 112 valence electrons. The fourth-order valence-corrected chi connectivity index (χ4v) is 2.02. The molecule has 0 amide bonds. The lowest BCUT2D eigenvalue weighted by molar-refractivity contribution is -0.384. The van der Waals surface area contributed by atoms with E-state index in [0.717, 1.165) is 0 Å². The summed E-state index contributed by atoms with van der Waals surface area (Å²) in [4.78, 5) is 14.3. The van der Waals surface area contributed by atoms with E-state index in [1.165, 1.54) is 12.1 Å². The number of hydrogen-bond donors (Lipinski definition) is 1. The smallest absolute Gasteiger partial charge is 0.269 e. The van der Waals surface area contributed by atoms with Crippen molar-refractivity contribution in [2.45, 2.75) is 32.8 Å². The first-order valence-electron chi connectivity index (χ1n) is 6.71. The summed E-state index contributed by atoms with van der Waals surface area (Å²) in [6.07, 6.45) is 0.447. The normalized spacial score (nSPS) is 12.6. The van der Waals surface area contributed by atoms with E-state index in [9.17, 15) is 15.2 Å². The third-order valence-corrected chi connectivity index (χ3v) is 2.96. The molecule has 1 atom stereocenters. The summed E-state index contributed by atoms with van der Waals surface area (Å²) in [5.74, 6) is 1.10. The predicted octanol–water partition coefficient (Wildman–Crippen LogP) is 2.59. The Bertz CT molecular complexity index is 607. The first-order chi connectivity index (χ1) is 9.95. The Morgan fingerprint density at radius 2 is 2.00 bits per heavy atom. The summed E-state index contributed by atoms with van der Waals surface area (Å²) in [6.45, 7) is 4.05. The lowest BCUT2D eigenvalue weighted by Gasteiger charge is -2.09. The fourth-order valence-electron chi connectivity index (χ4n) is 2.02. The van der Waals surface area contributed by atoms with Crippen molar-refractivity contribution in [1.82, 2.24) is 10.1 Å². The molecule has 0 fully saturated rings. The molecule has 0 saturated heterocycles. The van der Waals surface area contributed by atoms with Gasteiger partial charge < -0.3 is 9.63 Å². The Morgan fingerprint density at radius 1 is 1.33 bits per heavy atom. The second kappa shape index (κ2) is 6.45. The maximum atomic E-state index is 10.6. The van der Waals surface area contributed by atoms with Crippen LogP contribution in [0.5, 0.6) is 0 Å². The molecule has 1 N–H and O–H groups in total. The Morgan fingerprint density at radius 3 is 2.57 bits per heavy atom. The number of rotatable bonds is 6. The van der Waals surface area contributed by atoms with Crippen molar-refractivity contribution in [2.75, 3.05) is 0 Å². The maximum absolute atomic E-state index is 10.6. The van der Waals surface area contributed by atoms with E-state index in [2.05, 4.69) is 10.1 Å². The van der Waals surface area contributed by atoms with Crippen LogP contribution in [0, 0.1) is 16.0 Å². The van der Waals surface area contributed by atoms with Crippen LogP contribution in [0.2, 0.25) is 0 Å². The van der Waals surface area contributed by atoms with Crippen molar-refractivity contribution in [3.8, 4) is 11.4 Å². The Hall–Kier alpha value is -2.28. The molecule has 0 aliphatic carbocycles. The van der Waals surface area contributed by atoms with E-state index >= 15 is 0 Å². The third-order valence-electron chi connectivity index (χ3n) is 2.96. The lowest BCUT2D eigenvalue weighted by Crippen LogP contribution is -2.13. The molecule has 1 aromatic heterocycles. The molecule has 0 saturated carbocycles. The Balaban J connectivity index is 2.07. The summed E-state index contributed by atoms with van der Waals surface area (Å²) in [5.41, 5.74) is 0.642. The van der Waals surface area contributed by atoms with Crippen molar-refractivity contribution in [3.63, 3.8) is 0 Å². The molecule has 7 nitrogen and oxygen atoms in total. The van der Waals surface area contributed by atoms with Gasteiger partial charge >= 0.3 is 0 Å². The van der Waals surface area contributed by atoms with Crippen LogP contribution in [-0.4, -0.2) is 26.3 Å². The lowest BCUT2D eigenvalue weighted by atomic mass is 10.0. The molecule has 0 bridgehead atoms. The molecule has 1 heterocycles. The highest BCUT2D eigenvalue weighted by atomic mass is 16.6. The van der Waals surface area contributed by atoms with Gasteiger partial charge in [-0.1, -0.05) is 19.0 Å². The van der Waals surface area contributed by atoms with E-state index < -0.39 is 11.0 Å². The molecule has 0 spiro atoms. The van der Waals surface area contributed by atoms with Crippen LogP contribution < -0.4 is 0 Å². The largest absolute Gasteiger partial charge is 0.393 e. The molecule has 21 heavy (non-hydrogen) atoms. The molecule has 1 aromatic carbocycles. The zero-order valence-electron chi connectivity index (χ0n) is 11.9. The third kappa shape index (κ3) is 4.09. The summed E-state index contributed by atoms with van der Waals surface area (Å²) >= 11 is 0. The van der Waals surface area contributed by atoms with Crippen molar-refractivity contribution < 1.29 is 14.6 Å². The number of aromatic nitrogens is 2. The minimum absolute atomic E-state index is 0.00910. The molecular formula is C14H17N3O4. The van der Waals surface area contributed by atoms with Gasteiger partial charge in [-0.15, -0.1) is 0 Å². The molecule has 7 heteroatoms. The Labute approximate surface area is 121 Å². The topological polar surface area (TPSA) is 102 Å². The van der Waals surface area contributed by atoms with Gasteiger partial charge in [-0.3, -0.25) is 10.1 Å². The quantitative estimate of drug-likeness (QED) is 0.648. The number of aliphatic hydroxyl groups is 1. The number of nitrogens with zero attached hydrogens (tertiary/aromatic N) is 3. The van der Waals surface area contributed by atoms with Gasteiger partial charge in [0.15, 0.2) is 0 Å². The summed E-state index contributed by atoms with van der Waals surface area (Å²) in [6, 6.07) is 5.91. The number of nitro groups is 1. The van der Waals surface area contributed by atoms with Crippen molar-refractivity contribution >= 4 is 5.69 Å². The number of hydrogen-bond acceptors (Lipinski definition) is 6. The van der Waals surface area contributed by atoms with E-state index in [4.69, 9.17) is 4.52 Å². The molecule has 0 aliphatic rings. The van der Waals surface area contributed by atoms with Gasteiger partial charge in [0.1, 0.15) is 0 Å². The second-order valence-corrected chi connectivity index (χ2v) is 5.30. The predicted molar refractivity (Wildman–Crippen MR) is 75.6 cm³/mol. The zero-order valence-corrected chi connectivity index (χ0v) is 11.9. The van der Waals surface area contributed by atoms with Crippen molar-refractivity contribution in [1.29, 1.82) is 0 Å². The van der Waals surface area contributed by atoms with E-state index in [0.29, 0.717) is 36.0 Å². The molecule has 2 aromatic rings. The molecule has 1 unspecified atom stereocenters. The first-order valence-corrected chi connectivity index (χ1v) is 6.71. The van der Waals surface area contributed by atoms with Gasteiger partial charge in [-0.05, 0) is 24.5 Å². The van der Waals surface area contributed by atoms with Crippen LogP contribution in [0.25, 0.3) is 11.4 Å². The highest BCUT2D eigenvalue weighted by molar-refractivity contribution is 5.56. The highest BCUT2D eigenvalue weighted by Crippen LogP contribution is 2.20. The SMILES string of the molecule is CC(C)CC(O)Cc1nc(-c2ccc([N+](=O)[O-])cc2)no1. The van der Waals surface area contributed by atoms with Crippen molar-refractivity contribution in [3.05, 3.63) is 40.3 Å². The van der Waals surface area contributed by atoms with Crippen LogP contribution in [0.15, 0.2) is 28.8 Å². The Kier molecular flexibility index (Phi) is 4.64. The molecule has 2 rings (SSSR count). The van der Waals surface area contributed by atoms with Crippen LogP contribution in [0.1, 0.15) is 26.2 Å². The van der Waals surface area contributed by atoms with Crippen LogP contribution in [0.3, 0.4) is 0 Å². The van der Waals surface area contributed by atoms with Crippen LogP contribution in [-0.2, 0) is 6.42 Å². The first kappa shape index (κ1) is 15.1. The highest BCUT2D eigenvalue weighted by Gasteiger charge is 2.15. The number of aliphatic hydroxyl groups excluding tert-OH is 1. The number of benzene rings is 1. The summed E-state index contributed by atoms with van der Waals surface area (Å²) in [5, 5.41) is 24.3. The molecular weight excluding hydrogens is 274 g/mol. The van der Waals surface area contributed by atoms with Gasteiger partial charge in [-0.2, -0.15) is 4.98 Å². The molecule has 0 aliphatic heterocycles. The average molecular weight is 291 g/mol. The zero-order chi connectivity index (χ0) is 15.4. The summed E-state index contributed by atoms with van der Waals surface area (Å²) in [7, 11) is 0. The van der Waals surface area contributed by atoms with Crippen molar-refractivity contribution in [2.24, 2.45) is 5.92 Å². The van der Waals surface area contributed by atoms with E-state index in [1.807, 2.05) is 13.8 Å². The average Bonchev–Trinajstić information content (AvgIpc) is 2.86. The minimum atomic E-state index is -0.518. The molecule has 0 radical (unpaired) electrons. The monoisotopic (exact) mass is 291 g/mol. The van der Waals surface area contributed by atoms with Gasteiger partial charge in [0.2, 0.25) is 11.7 Å². The van der Waals surface area contributed by atoms with Crippen LogP contribution >= 0.6 is 0 Å². The number of non-ortho nitro benzene ring substituents is 1. The standard InChI is InChI=1S/C14H17N3O4/c1-9(2)7-12(18)8-13-15-14(16-21-13)10-3-5-11(6-4-10)17(19)20/h3-6,9,12,18H,7-8H2,1-2H3. The van der Waals surface area contributed by atoms with Gasteiger partial charge in [0.05, 0.1) is 17.4 Å². The van der Waals surface area contributed by atoms with Crippen LogP contribution in [0.4, 0.5) is 5.69 Å². The fraction of sp³-hybridized carbons (Fsp3) is 0.429. The van der Waals surface area contributed by atoms with Gasteiger partial charge in [-0.25, -0.2) is 0 Å².